The lowest BCUT2D eigenvalue weighted by Gasteiger charge is -2.21. The number of benzene rings is 3. The Morgan fingerprint density at radius 1 is 1.05 bits per heavy atom. The molecule has 10 heteroatoms. The molecule has 1 aliphatic rings. The second-order valence-electron chi connectivity index (χ2n) is 9.11. The van der Waals surface area contributed by atoms with Crippen LogP contribution in [-0.4, -0.2) is 21.8 Å². The van der Waals surface area contributed by atoms with E-state index in [0.29, 0.717) is 28.2 Å². The number of rotatable bonds is 4. The molecule has 0 aliphatic carbocycles. The number of carbonyl (C=O) groups is 2. The number of H-pyrrole nitrogens is 1. The van der Waals surface area contributed by atoms with Crippen molar-refractivity contribution in [1.29, 1.82) is 0 Å². The number of anilines is 3. The standard InChI is InChI=1S/C27H20F4N4O2/c1-26(2)23-18(4-3-5-21(23)35(25(26)37)22-13-32-14-33-22)15-6-11-20(27(29,30)31)19(12-15)24(36)34-17-9-7-16(28)8-10-17/h3-14H,1-2H3,(H,32,33)(H,34,36). The number of aromatic amines is 1. The molecule has 0 saturated carbocycles. The summed E-state index contributed by atoms with van der Waals surface area (Å²) in [6.07, 6.45) is -1.77. The molecule has 0 radical (unpaired) electrons. The number of carbonyl (C=O) groups excluding carboxylic acids is 2. The van der Waals surface area contributed by atoms with Gasteiger partial charge in [0, 0.05) is 11.9 Å². The van der Waals surface area contributed by atoms with Gasteiger partial charge < -0.3 is 10.3 Å². The zero-order chi connectivity index (χ0) is 26.5. The molecule has 37 heavy (non-hydrogen) atoms. The number of nitrogens with zero attached hydrogens (tertiary/aromatic N) is 2. The Balaban J connectivity index is 1.64. The highest BCUT2D eigenvalue weighted by Gasteiger charge is 2.47. The second kappa shape index (κ2) is 8.58. The number of hydrogen-bond acceptors (Lipinski definition) is 3. The van der Waals surface area contributed by atoms with Crippen LogP contribution in [0.2, 0.25) is 0 Å². The van der Waals surface area contributed by atoms with Gasteiger partial charge in [-0.05, 0) is 73.0 Å². The summed E-state index contributed by atoms with van der Waals surface area (Å²) in [5, 5.41) is 2.40. The smallest absolute Gasteiger partial charge is 0.349 e. The number of halogens is 4. The second-order valence-corrected chi connectivity index (χ2v) is 9.11. The van der Waals surface area contributed by atoms with Gasteiger partial charge >= 0.3 is 6.18 Å². The third kappa shape index (κ3) is 4.14. The number of hydrogen-bond donors (Lipinski definition) is 2. The number of fused-ring (bicyclic) bond motifs is 1. The summed E-state index contributed by atoms with van der Waals surface area (Å²) in [4.78, 5) is 34.8. The average molecular weight is 508 g/mol. The maximum Gasteiger partial charge on any atom is 0.417 e. The summed E-state index contributed by atoms with van der Waals surface area (Å²) in [5.41, 5.74) is -0.590. The summed E-state index contributed by atoms with van der Waals surface area (Å²) in [6.45, 7) is 3.47. The lowest BCUT2D eigenvalue weighted by Crippen LogP contribution is -2.33. The van der Waals surface area contributed by atoms with Gasteiger partial charge in [-0.25, -0.2) is 9.37 Å². The van der Waals surface area contributed by atoms with E-state index in [0.717, 1.165) is 24.3 Å². The molecule has 0 spiro atoms. The van der Waals surface area contributed by atoms with E-state index in [-0.39, 0.29) is 11.6 Å². The van der Waals surface area contributed by atoms with Gasteiger partial charge in [0.15, 0.2) is 5.82 Å². The maximum atomic E-state index is 13.8. The Morgan fingerprint density at radius 3 is 2.43 bits per heavy atom. The zero-order valence-electron chi connectivity index (χ0n) is 19.7. The highest BCUT2D eigenvalue weighted by Crippen LogP contribution is 2.49. The van der Waals surface area contributed by atoms with Crippen molar-refractivity contribution in [2.75, 3.05) is 10.2 Å². The van der Waals surface area contributed by atoms with Gasteiger partial charge in [-0.15, -0.1) is 0 Å². The van der Waals surface area contributed by atoms with Crippen LogP contribution in [0.5, 0.6) is 0 Å². The molecular formula is C27H20F4N4O2. The van der Waals surface area contributed by atoms with Crippen LogP contribution in [0, 0.1) is 5.82 Å². The van der Waals surface area contributed by atoms with Crippen LogP contribution in [0.4, 0.5) is 34.8 Å². The van der Waals surface area contributed by atoms with Crippen molar-refractivity contribution in [1.82, 2.24) is 9.97 Å². The lowest BCUT2D eigenvalue weighted by molar-refractivity contribution is -0.137. The van der Waals surface area contributed by atoms with Crippen LogP contribution >= 0.6 is 0 Å². The number of amides is 2. The maximum absolute atomic E-state index is 13.8. The largest absolute Gasteiger partial charge is 0.417 e. The summed E-state index contributed by atoms with van der Waals surface area (Å²) >= 11 is 0. The molecule has 1 aromatic heterocycles. The first-order valence-electron chi connectivity index (χ1n) is 11.2. The van der Waals surface area contributed by atoms with E-state index < -0.39 is 34.4 Å². The van der Waals surface area contributed by atoms with Crippen LogP contribution in [-0.2, 0) is 16.4 Å². The van der Waals surface area contributed by atoms with E-state index in [1.54, 1.807) is 38.2 Å². The van der Waals surface area contributed by atoms with E-state index in [9.17, 15) is 27.2 Å². The Kier molecular flexibility index (Phi) is 5.62. The molecule has 4 aromatic rings. The van der Waals surface area contributed by atoms with Crippen LogP contribution in [0.3, 0.4) is 0 Å². The normalized spacial score (nSPS) is 14.5. The molecule has 3 aromatic carbocycles. The van der Waals surface area contributed by atoms with Crippen LogP contribution < -0.4 is 10.2 Å². The molecule has 0 bridgehead atoms. The predicted octanol–water partition coefficient (Wildman–Crippen LogP) is 6.44. The van der Waals surface area contributed by atoms with E-state index in [4.69, 9.17) is 0 Å². The van der Waals surface area contributed by atoms with E-state index in [1.165, 1.54) is 29.4 Å². The molecule has 0 saturated heterocycles. The van der Waals surface area contributed by atoms with Crippen molar-refractivity contribution in [3.8, 4) is 11.1 Å². The Bertz CT molecular complexity index is 1510. The first kappa shape index (κ1) is 24.2. The van der Waals surface area contributed by atoms with Crippen molar-refractivity contribution in [3.05, 3.63) is 95.7 Å². The molecule has 188 valence electrons. The van der Waals surface area contributed by atoms with Crippen molar-refractivity contribution >= 4 is 29.0 Å². The quantitative estimate of drug-likeness (QED) is 0.311. The molecule has 0 fully saturated rings. The van der Waals surface area contributed by atoms with Gasteiger partial charge in [-0.3, -0.25) is 14.5 Å². The average Bonchev–Trinajstić information content (AvgIpc) is 3.45. The number of imidazole rings is 1. The molecule has 0 atom stereocenters. The monoisotopic (exact) mass is 508 g/mol. The van der Waals surface area contributed by atoms with Gasteiger partial charge in [0.2, 0.25) is 5.91 Å². The molecule has 6 nitrogen and oxygen atoms in total. The van der Waals surface area contributed by atoms with Crippen LogP contribution in [0.15, 0.2) is 73.2 Å². The van der Waals surface area contributed by atoms with E-state index in [2.05, 4.69) is 15.3 Å². The van der Waals surface area contributed by atoms with Crippen molar-refractivity contribution in [2.45, 2.75) is 25.4 Å². The third-order valence-corrected chi connectivity index (χ3v) is 6.34. The van der Waals surface area contributed by atoms with E-state index >= 15 is 0 Å². The SMILES string of the molecule is CC1(C)C(=O)N(c2c[nH]cn2)c2cccc(-c3ccc(C(F)(F)F)c(C(=O)Nc4ccc(F)cc4)c3)c21. The summed E-state index contributed by atoms with van der Waals surface area (Å²) in [7, 11) is 0. The Labute approximate surface area is 209 Å². The van der Waals surface area contributed by atoms with Gasteiger partial charge in [0.05, 0.1) is 28.6 Å². The van der Waals surface area contributed by atoms with Crippen molar-refractivity contribution in [3.63, 3.8) is 0 Å². The minimum absolute atomic E-state index is 0.145. The zero-order valence-corrected chi connectivity index (χ0v) is 19.7. The number of alkyl halides is 3. The van der Waals surface area contributed by atoms with Crippen LogP contribution in [0.1, 0.15) is 35.3 Å². The van der Waals surface area contributed by atoms with Gasteiger partial charge in [0.1, 0.15) is 5.82 Å². The predicted molar refractivity (Wildman–Crippen MR) is 130 cm³/mol. The molecule has 1 aliphatic heterocycles. The van der Waals surface area contributed by atoms with Gasteiger partial charge in [-0.1, -0.05) is 18.2 Å². The Morgan fingerprint density at radius 2 is 1.78 bits per heavy atom. The summed E-state index contributed by atoms with van der Waals surface area (Å²) in [5.74, 6) is -1.40. The fourth-order valence-electron chi connectivity index (χ4n) is 4.60. The minimum Gasteiger partial charge on any atom is -0.349 e. The summed E-state index contributed by atoms with van der Waals surface area (Å²) < 4.78 is 54.8. The first-order chi connectivity index (χ1) is 17.5. The fraction of sp³-hybridized carbons (Fsp3) is 0.148. The van der Waals surface area contributed by atoms with Crippen molar-refractivity contribution in [2.24, 2.45) is 0 Å². The Hall–Kier alpha value is -4.47. The highest BCUT2D eigenvalue weighted by atomic mass is 19.4. The van der Waals surface area contributed by atoms with Gasteiger partial charge in [0.25, 0.3) is 5.91 Å². The molecule has 0 unspecified atom stereocenters. The molecular weight excluding hydrogens is 488 g/mol. The molecule has 5 rings (SSSR count). The van der Waals surface area contributed by atoms with Crippen molar-refractivity contribution < 1.29 is 27.2 Å². The number of aromatic nitrogens is 2. The molecule has 2 N–H and O–H groups in total. The molecule has 2 amide bonds. The van der Waals surface area contributed by atoms with Gasteiger partial charge in [-0.2, -0.15) is 13.2 Å². The summed E-state index contributed by atoms with van der Waals surface area (Å²) in [6, 6.07) is 13.1. The lowest BCUT2D eigenvalue weighted by atomic mass is 9.81. The number of nitrogens with one attached hydrogen (secondary N) is 2. The third-order valence-electron chi connectivity index (χ3n) is 6.34. The minimum atomic E-state index is -4.79. The molecule has 2 heterocycles. The topological polar surface area (TPSA) is 78.1 Å². The fourth-order valence-corrected chi connectivity index (χ4v) is 4.60. The first-order valence-corrected chi connectivity index (χ1v) is 11.2. The van der Waals surface area contributed by atoms with E-state index in [1.807, 2.05) is 0 Å². The van der Waals surface area contributed by atoms with Crippen LogP contribution in [0.25, 0.3) is 11.1 Å². The highest BCUT2D eigenvalue weighted by molar-refractivity contribution is 6.14.